The van der Waals surface area contributed by atoms with Crippen molar-refractivity contribution in [3.63, 3.8) is 0 Å². The number of hydrogen-bond donors (Lipinski definition) is 2. The maximum absolute atomic E-state index is 10.6. The van der Waals surface area contributed by atoms with Crippen LogP contribution in [-0.4, -0.2) is 78.9 Å². The Balaban J connectivity index is 0.000000276. The van der Waals surface area contributed by atoms with Crippen LogP contribution in [0.25, 0.3) is 16.0 Å². The molecule has 1 unspecified atom stereocenters. The van der Waals surface area contributed by atoms with Crippen molar-refractivity contribution in [1.82, 2.24) is 24.7 Å². The maximum atomic E-state index is 10.6. The van der Waals surface area contributed by atoms with Crippen molar-refractivity contribution in [2.24, 2.45) is 0 Å². The minimum Gasteiger partial charge on any atom is -0.475 e. The normalized spacial score (nSPS) is 15.8. The van der Waals surface area contributed by atoms with E-state index in [-0.39, 0.29) is 6.10 Å². The number of pyridine rings is 2. The monoisotopic (exact) mass is 605 g/mol. The lowest BCUT2D eigenvalue weighted by Gasteiger charge is -2.31. The van der Waals surface area contributed by atoms with Gasteiger partial charge in [0.25, 0.3) is 0 Å². The van der Waals surface area contributed by atoms with Crippen molar-refractivity contribution in [3.05, 3.63) is 71.6 Å². The van der Waals surface area contributed by atoms with Crippen LogP contribution in [0.5, 0.6) is 0 Å². The van der Waals surface area contributed by atoms with Gasteiger partial charge < -0.3 is 14.9 Å². The first-order valence-electron chi connectivity index (χ1n) is 11.5. The Labute approximate surface area is 231 Å². The van der Waals surface area contributed by atoms with Gasteiger partial charge in [-0.25, -0.2) is 14.1 Å². The summed E-state index contributed by atoms with van der Waals surface area (Å²) in [5.41, 5.74) is 4.13. The first kappa shape index (κ1) is 31.4. The second kappa shape index (κ2) is 13.5. The lowest BCUT2D eigenvalue weighted by Crippen LogP contribution is -2.38. The fraction of sp³-hybridized carbons (Fsp3) is 0.292. The van der Waals surface area contributed by atoms with Gasteiger partial charge in [0.2, 0.25) is 0 Å². The van der Waals surface area contributed by atoms with Gasteiger partial charge in [-0.05, 0) is 35.7 Å². The van der Waals surface area contributed by atoms with E-state index in [0.717, 1.165) is 42.1 Å². The number of aliphatic carboxylic acids is 2. The molecule has 1 atom stereocenters. The zero-order valence-corrected chi connectivity index (χ0v) is 21.5. The van der Waals surface area contributed by atoms with Crippen LogP contribution in [-0.2, 0) is 20.9 Å². The highest BCUT2D eigenvalue weighted by Crippen LogP contribution is 2.28. The van der Waals surface area contributed by atoms with E-state index in [2.05, 4.69) is 55.9 Å². The van der Waals surface area contributed by atoms with E-state index in [4.69, 9.17) is 24.5 Å². The Bertz CT molecular complexity index is 1410. The summed E-state index contributed by atoms with van der Waals surface area (Å²) in [5, 5.41) is 25.1. The van der Waals surface area contributed by atoms with Gasteiger partial charge in [0, 0.05) is 42.5 Å². The molecule has 41 heavy (non-hydrogen) atoms. The van der Waals surface area contributed by atoms with Crippen LogP contribution in [0.15, 0.2) is 60.2 Å². The first-order valence-corrected chi connectivity index (χ1v) is 12.4. The average molecular weight is 606 g/mol. The molecular formula is C24H21F6N5O5S. The number of nitrogens with zero attached hydrogens (tertiary/aromatic N) is 5. The molecule has 0 bridgehead atoms. The Morgan fingerprint density at radius 3 is 2.24 bits per heavy atom. The van der Waals surface area contributed by atoms with Gasteiger partial charge in [0.15, 0.2) is 0 Å². The predicted octanol–water partition coefficient (Wildman–Crippen LogP) is 4.69. The summed E-state index contributed by atoms with van der Waals surface area (Å²) in [6.07, 6.45) is -6.37. The third kappa shape index (κ3) is 9.22. The Hall–Kier alpha value is -4.09. The van der Waals surface area contributed by atoms with E-state index in [1.165, 1.54) is 4.88 Å². The lowest BCUT2D eigenvalue weighted by molar-refractivity contribution is -0.193. The molecule has 1 aliphatic rings. The van der Waals surface area contributed by atoms with Crippen LogP contribution in [0, 0.1) is 0 Å². The summed E-state index contributed by atoms with van der Waals surface area (Å²) in [7, 11) is 0. The number of hydrogen-bond acceptors (Lipinski definition) is 8. The topological polar surface area (TPSA) is 130 Å². The van der Waals surface area contributed by atoms with E-state index < -0.39 is 24.3 Å². The second-order valence-electron chi connectivity index (χ2n) is 8.22. The highest BCUT2D eigenvalue weighted by atomic mass is 32.1. The number of carbonyl (C=O) groups is 2. The van der Waals surface area contributed by atoms with Gasteiger partial charge in [-0.1, -0.05) is 17.3 Å². The van der Waals surface area contributed by atoms with Crippen molar-refractivity contribution in [1.29, 1.82) is 0 Å². The molecule has 1 fully saturated rings. The summed E-state index contributed by atoms with van der Waals surface area (Å²) in [4.78, 5) is 25.8. The highest BCUT2D eigenvalue weighted by molar-refractivity contribution is 7.13. The van der Waals surface area contributed by atoms with E-state index in [0.29, 0.717) is 6.61 Å². The molecule has 0 aliphatic carbocycles. The number of halogens is 6. The van der Waals surface area contributed by atoms with Crippen LogP contribution in [0.2, 0.25) is 0 Å². The van der Waals surface area contributed by atoms with Gasteiger partial charge in [0.05, 0.1) is 17.8 Å². The van der Waals surface area contributed by atoms with E-state index >= 15 is 0 Å². The minimum absolute atomic E-state index is 0.0763. The van der Waals surface area contributed by atoms with E-state index in [1.54, 1.807) is 11.3 Å². The molecular weight excluding hydrogens is 584 g/mol. The van der Waals surface area contributed by atoms with Crippen LogP contribution in [0.4, 0.5) is 26.3 Å². The molecule has 1 saturated heterocycles. The Kier molecular flexibility index (Phi) is 10.4. The SMILES string of the molecule is O=C(O)C(F)(F)F.O=C(O)C(F)(F)F.c1ccc(CN2CCOC(c3nnn4cc(-c5cccs5)ccc34)C2)nc1. The molecule has 0 saturated carbocycles. The number of thiophene rings is 1. The van der Waals surface area contributed by atoms with Crippen molar-refractivity contribution in [2.45, 2.75) is 25.0 Å². The third-order valence-electron chi connectivity index (χ3n) is 5.30. The molecule has 0 amide bonds. The number of rotatable bonds is 4. The first-order chi connectivity index (χ1) is 19.3. The zero-order chi connectivity index (χ0) is 30.2. The number of fused-ring (bicyclic) bond motifs is 1. The maximum Gasteiger partial charge on any atom is 0.490 e. The molecule has 10 nitrogen and oxygen atoms in total. The van der Waals surface area contributed by atoms with Gasteiger partial charge in [-0.2, -0.15) is 26.3 Å². The van der Waals surface area contributed by atoms with Crippen molar-refractivity contribution < 1.29 is 50.9 Å². The third-order valence-corrected chi connectivity index (χ3v) is 6.22. The molecule has 4 aromatic heterocycles. The fourth-order valence-electron chi connectivity index (χ4n) is 3.46. The van der Waals surface area contributed by atoms with Crippen molar-refractivity contribution in [2.75, 3.05) is 19.7 Å². The highest BCUT2D eigenvalue weighted by Gasteiger charge is 2.38. The van der Waals surface area contributed by atoms with Gasteiger partial charge in [-0.3, -0.25) is 9.88 Å². The van der Waals surface area contributed by atoms with Crippen LogP contribution >= 0.6 is 11.3 Å². The summed E-state index contributed by atoms with van der Waals surface area (Å²) < 4.78 is 71.3. The lowest BCUT2D eigenvalue weighted by atomic mass is 10.1. The molecule has 1 aliphatic heterocycles. The largest absolute Gasteiger partial charge is 0.490 e. The molecule has 220 valence electrons. The minimum atomic E-state index is -5.08. The zero-order valence-electron chi connectivity index (χ0n) is 20.7. The van der Waals surface area contributed by atoms with Crippen LogP contribution in [0.1, 0.15) is 17.5 Å². The summed E-state index contributed by atoms with van der Waals surface area (Å²) in [5.74, 6) is -5.51. The number of aromatic nitrogens is 4. The quantitative estimate of drug-likeness (QED) is 0.318. The molecule has 4 aromatic rings. The summed E-state index contributed by atoms with van der Waals surface area (Å²) in [6.45, 7) is 3.19. The number of ether oxygens (including phenoxy) is 1. The standard InChI is InChI=1S/C20H19N5OS.2C2HF3O2/c1-2-8-21-16(4-1)13-24-9-10-26-18(14-24)20-17-7-6-15(12-25(17)23-22-20)19-5-3-11-27-19;2*3-2(4,5)1(6)7/h1-8,11-12,18H,9-10,13-14H2;2*(H,6,7). The van der Waals surface area contributed by atoms with Crippen molar-refractivity contribution >= 4 is 28.8 Å². The van der Waals surface area contributed by atoms with Gasteiger partial charge >= 0.3 is 24.3 Å². The van der Waals surface area contributed by atoms with E-state index in [9.17, 15) is 26.3 Å². The number of carboxylic acids is 2. The van der Waals surface area contributed by atoms with Crippen LogP contribution in [0.3, 0.4) is 0 Å². The Morgan fingerprint density at radius 2 is 1.68 bits per heavy atom. The van der Waals surface area contributed by atoms with Gasteiger partial charge in [0.1, 0.15) is 11.8 Å². The number of morpholine rings is 1. The molecule has 5 rings (SSSR count). The molecule has 17 heteroatoms. The number of carboxylic acid groups (broad SMARTS) is 2. The Morgan fingerprint density at radius 1 is 1.00 bits per heavy atom. The summed E-state index contributed by atoms with van der Waals surface area (Å²) in [6, 6.07) is 14.4. The predicted molar refractivity (Wildman–Crippen MR) is 132 cm³/mol. The smallest absolute Gasteiger partial charge is 0.475 e. The van der Waals surface area contributed by atoms with Crippen LogP contribution < -0.4 is 0 Å². The molecule has 0 radical (unpaired) electrons. The molecule has 0 spiro atoms. The average Bonchev–Trinajstić information content (AvgIpc) is 3.59. The number of alkyl halides is 6. The molecule has 0 aromatic carbocycles. The summed E-state index contributed by atoms with van der Waals surface area (Å²) >= 11 is 1.72. The fourth-order valence-corrected chi connectivity index (χ4v) is 4.18. The molecule has 5 heterocycles. The van der Waals surface area contributed by atoms with Gasteiger partial charge in [-0.15, -0.1) is 16.4 Å². The molecule has 2 N–H and O–H groups in total. The van der Waals surface area contributed by atoms with E-state index in [1.807, 2.05) is 29.0 Å². The second-order valence-corrected chi connectivity index (χ2v) is 9.17. The van der Waals surface area contributed by atoms with Crippen molar-refractivity contribution in [3.8, 4) is 10.4 Å².